The zero-order chi connectivity index (χ0) is 35.4. The Hall–Kier alpha value is -6.54. The molecule has 5 heterocycles. The van der Waals surface area contributed by atoms with Gasteiger partial charge in [0.2, 0.25) is 0 Å². The maximum atomic E-state index is 9.00. The molecule has 257 valence electrons. The normalized spacial score (nSPS) is 11.3. The smallest absolute Gasteiger partial charge is 0.657 e. The third kappa shape index (κ3) is 7.17. The van der Waals surface area contributed by atoms with Gasteiger partial charge < -0.3 is 15.1 Å². The van der Waals surface area contributed by atoms with Crippen LogP contribution < -0.4 is 9.97 Å². The average Bonchev–Trinajstić information content (AvgIpc) is 4.01. The summed E-state index contributed by atoms with van der Waals surface area (Å²) >= 11 is 0. The topological polar surface area (TPSA) is 91.3 Å². The second-order valence-electron chi connectivity index (χ2n) is 12.3. The first-order valence-corrected chi connectivity index (χ1v) is 17.0. The second kappa shape index (κ2) is 15.4. The van der Waals surface area contributed by atoms with E-state index in [1.807, 2.05) is 24.3 Å². The molecule has 2 aliphatic heterocycles. The Morgan fingerprint density at radius 2 is 0.623 bits per heavy atom. The summed E-state index contributed by atoms with van der Waals surface area (Å²) in [6.07, 6.45) is 8.41. The van der Waals surface area contributed by atoms with E-state index in [4.69, 9.17) is 29.8 Å². The van der Waals surface area contributed by atoms with Crippen LogP contribution in [0.25, 0.3) is 90.9 Å². The summed E-state index contributed by atoms with van der Waals surface area (Å²) in [4.78, 5) is 30.2. The fourth-order valence-corrected chi connectivity index (χ4v) is 6.69. The molecule has 9 rings (SSSR count). The molecule has 3 aromatic heterocycles. The fourth-order valence-electron chi connectivity index (χ4n) is 6.69. The third-order valence-electron chi connectivity index (χ3n) is 8.86. The Labute approximate surface area is 317 Å². The molecule has 7 aromatic rings. The summed E-state index contributed by atoms with van der Waals surface area (Å²) in [6.45, 7) is 1.08. The summed E-state index contributed by atoms with van der Waals surface area (Å²) in [6, 6.07) is 50.0. The Morgan fingerprint density at radius 1 is 0.415 bits per heavy atom. The standard InChI is InChI=1S/C44H28N4.C2H4O2.Co/c1-5-13-29(14-6-1)41-33-21-23-35(45-33)42(30-15-7-2-8-16-30)37-25-27-39(47-37)44(32-19-11-4-12-20-32)40-28-26-38(48-40)43(31-17-9-3-10-18-31)36-24-22-34(41)46-36;1-2(3)4;/h1-28H;1H3,(H,3,4);/q-2;;+2. The minimum Gasteiger partial charge on any atom is -0.657 e. The van der Waals surface area contributed by atoms with Gasteiger partial charge in [0.05, 0.1) is 22.8 Å². The first kappa shape index (κ1) is 34.9. The van der Waals surface area contributed by atoms with Gasteiger partial charge in [0.1, 0.15) is 0 Å². The summed E-state index contributed by atoms with van der Waals surface area (Å²) in [5.41, 5.74) is 15.0. The number of hydrogen-bond donors (Lipinski definition) is 1. The Morgan fingerprint density at radius 3 is 0.830 bits per heavy atom. The van der Waals surface area contributed by atoms with Crippen molar-refractivity contribution in [3.05, 3.63) is 168 Å². The molecule has 0 aliphatic carbocycles. The van der Waals surface area contributed by atoms with Crippen LogP contribution in [0.2, 0.25) is 0 Å². The van der Waals surface area contributed by atoms with E-state index in [0.29, 0.717) is 0 Å². The number of aliphatic carboxylic acids is 1. The number of benzene rings is 4. The maximum absolute atomic E-state index is 9.00. The van der Waals surface area contributed by atoms with Gasteiger partial charge in [-0.3, -0.25) is 4.79 Å². The van der Waals surface area contributed by atoms with Crippen LogP contribution in [0.1, 0.15) is 29.7 Å². The number of carboxylic acid groups (broad SMARTS) is 1. The predicted octanol–water partition coefficient (Wildman–Crippen LogP) is 10.7. The van der Waals surface area contributed by atoms with Gasteiger partial charge >= 0.3 is 16.8 Å². The van der Waals surface area contributed by atoms with Gasteiger partial charge in [-0.05, 0) is 68.8 Å². The van der Waals surface area contributed by atoms with Gasteiger partial charge in [-0.15, -0.1) is 22.1 Å². The molecule has 0 unspecified atom stereocenters. The van der Waals surface area contributed by atoms with Crippen molar-refractivity contribution in [3.63, 3.8) is 0 Å². The van der Waals surface area contributed by atoms with Crippen molar-refractivity contribution in [1.29, 1.82) is 0 Å². The molecule has 0 fully saturated rings. The van der Waals surface area contributed by atoms with Crippen molar-refractivity contribution in [1.82, 2.24) is 19.9 Å². The van der Waals surface area contributed by atoms with Gasteiger partial charge in [0.15, 0.2) is 0 Å². The molecule has 2 aliphatic rings. The first-order chi connectivity index (χ1) is 25.5. The third-order valence-corrected chi connectivity index (χ3v) is 8.86. The summed E-state index contributed by atoms with van der Waals surface area (Å²) in [7, 11) is 0. The van der Waals surface area contributed by atoms with Crippen molar-refractivity contribution >= 4 is 52.3 Å². The van der Waals surface area contributed by atoms with Crippen LogP contribution in [0.3, 0.4) is 0 Å². The second-order valence-corrected chi connectivity index (χ2v) is 12.3. The molecule has 0 spiro atoms. The Bertz CT molecular complexity index is 2290. The summed E-state index contributed by atoms with van der Waals surface area (Å²) in [5, 5.41) is 7.42. The van der Waals surface area contributed by atoms with Crippen LogP contribution in [-0.2, 0) is 21.6 Å². The minimum atomic E-state index is -0.833. The largest absolute Gasteiger partial charge is 2.00 e. The number of fused-ring (bicyclic) bond motifs is 8. The van der Waals surface area contributed by atoms with E-state index >= 15 is 0 Å². The van der Waals surface area contributed by atoms with E-state index in [2.05, 4.69) is 146 Å². The van der Waals surface area contributed by atoms with Crippen molar-refractivity contribution in [2.45, 2.75) is 6.92 Å². The van der Waals surface area contributed by atoms with E-state index < -0.39 is 5.97 Å². The molecule has 6 nitrogen and oxygen atoms in total. The van der Waals surface area contributed by atoms with Crippen molar-refractivity contribution in [2.75, 3.05) is 0 Å². The van der Waals surface area contributed by atoms with Crippen molar-refractivity contribution in [2.24, 2.45) is 0 Å². The van der Waals surface area contributed by atoms with E-state index in [1.165, 1.54) is 0 Å². The van der Waals surface area contributed by atoms with E-state index in [0.717, 1.165) is 96.3 Å². The van der Waals surface area contributed by atoms with Gasteiger partial charge in [-0.2, -0.15) is 0 Å². The van der Waals surface area contributed by atoms with Crippen LogP contribution in [0.15, 0.2) is 146 Å². The SMILES string of the molecule is C1=Cc2nc1c(-c1ccccc1)c1ccc([n-]1)c(-c1ccccc1)c1nc(c(-c3ccccc3)c3ccc([n-]3)c2-c2ccccc2)C=C1.CC(=O)O.[Co+2]. The van der Waals surface area contributed by atoms with Crippen LogP contribution in [-0.4, -0.2) is 21.0 Å². The minimum absolute atomic E-state index is 0. The number of rotatable bonds is 4. The van der Waals surface area contributed by atoms with Gasteiger partial charge in [-0.25, -0.2) is 9.97 Å². The van der Waals surface area contributed by atoms with Gasteiger partial charge in [-0.1, -0.05) is 146 Å². The molecule has 7 heteroatoms. The zero-order valence-corrected chi connectivity index (χ0v) is 29.7. The molecule has 0 saturated carbocycles. The van der Waals surface area contributed by atoms with Gasteiger partial charge in [0.25, 0.3) is 5.97 Å². The summed E-state index contributed by atoms with van der Waals surface area (Å²) < 4.78 is 0. The molecular weight excluding hydrogens is 699 g/mol. The molecule has 0 amide bonds. The summed E-state index contributed by atoms with van der Waals surface area (Å²) in [5.74, 6) is -0.833. The monoisotopic (exact) mass is 731 g/mol. The van der Waals surface area contributed by atoms with Crippen LogP contribution >= 0.6 is 0 Å². The number of carboxylic acids is 1. The molecule has 8 bridgehead atoms. The van der Waals surface area contributed by atoms with Crippen LogP contribution in [0, 0.1) is 0 Å². The number of nitrogens with zero attached hydrogens (tertiary/aromatic N) is 4. The zero-order valence-electron chi connectivity index (χ0n) is 28.6. The molecule has 1 N–H and O–H groups in total. The number of aromatic nitrogens is 4. The first-order valence-electron chi connectivity index (χ1n) is 17.0. The van der Waals surface area contributed by atoms with Crippen molar-refractivity contribution < 1.29 is 26.7 Å². The molecule has 53 heavy (non-hydrogen) atoms. The molecule has 0 saturated heterocycles. The fraction of sp³-hybridized carbons (Fsp3) is 0.0217. The quantitative estimate of drug-likeness (QED) is 0.194. The molecule has 1 radical (unpaired) electrons. The number of hydrogen-bond acceptors (Lipinski definition) is 3. The Balaban J connectivity index is 0.000000831. The van der Waals surface area contributed by atoms with Gasteiger partial charge in [0, 0.05) is 6.92 Å². The maximum Gasteiger partial charge on any atom is 2.00 e. The Kier molecular flexibility index (Phi) is 10.1. The van der Waals surface area contributed by atoms with E-state index in [-0.39, 0.29) is 16.8 Å². The number of carbonyl (C=O) groups is 1. The van der Waals surface area contributed by atoms with E-state index in [1.54, 1.807) is 0 Å². The van der Waals surface area contributed by atoms with Crippen LogP contribution in [0.5, 0.6) is 0 Å². The predicted molar refractivity (Wildman–Crippen MR) is 212 cm³/mol. The molecule has 4 aromatic carbocycles. The average molecular weight is 732 g/mol. The molecule has 0 atom stereocenters. The van der Waals surface area contributed by atoms with E-state index in [9.17, 15) is 0 Å². The van der Waals surface area contributed by atoms with Crippen molar-refractivity contribution in [3.8, 4) is 44.5 Å². The molecular formula is C46H32CoN4O2. The van der Waals surface area contributed by atoms with Crippen LogP contribution in [0.4, 0.5) is 0 Å².